The molecule has 0 radical (unpaired) electrons. The van der Waals surface area contributed by atoms with Crippen molar-refractivity contribution in [1.29, 1.82) is 0 Å². The molecule has 1 N–H and O–H groups in total. The van der Waals surface area contributed by atoms with Gasteiger partial charge in [0.2, 0.25) is 0 Å². The average Bonchev–Trinajstić information content (AvgIpc) is 2.96. The lowest BCUT2D eigenvalue weighted by atomic mass is 10.1. The normalized spacial score (nSPS) is 28.6. The van der Waals surface area contributed by atoms with E-state index in [1.807, 2.05) is 0 Å². The van der Waals surface area contributed by atoms with Crippen LogP contribution in [0.1, 0.15) is 37.8 Å². The number of likely N-dealkylation sites (tertiary alicyclic amines) is 1. The molecule has 1 aromatic rings. The number of aliphatic hydroxyl groups excluding tert-OH is 1. The molecule has 2 aliphatic heterocycles. The summed E-state index contributed by atoms with van der Waals surface area (Å²) in [7, 11) is 0. The van der Waals surface area contributed by atoms with E-state index in [4.69, 9.17) is 0 Å². The highest BCUT2D eigenvalue weighted by Gasteiger charge is 2.27. The van der Waals surface area contributed by atoms with Crippen LogP contribution in [0.4, 0.5) is 0 Å². The largest absolute Gasteiger partial charge is 0.393 e. The second kappa shape index (κ2) is 4.97. The Morgan fingerprint density at radius 3 is 3.00 bits per heavy atom. The van der Waals surface area contributed by atoms with Gasteiger partial charge in [-0.3, -0.25) is 0 Å². The van der Waals surface area contributed by atoms with E-state index in [1.54, 1.807) is 0 Å². The van der Waals surface area contributed by atoms with Gasteiger partial charge in [-0.05, 0) is 32.4 Å². The highest BCUT2D eigenvalue weighted by Crippen LogP contribution is 2.22. The molecule has 1 saturated heterocycles. The van der Waals surface area contributed by atoms with Crippen LogP contribution in [0.5, 0.6) is 0 Å². The summed E-state index contributed by atoms with van der Waals surface area (Å²) in [5.74, 6) is 2.08. The number of likely N-dealkylation sites (N-methyl/N-ethyl adjacent to an activating group) is 1. The van der Waals surface area contributed by atoms with E-state index in [0.29, 0.717) is 12.5 Å². The van der Waals surface area contributed by atoms with Gasteiger partial charge in [-0.15, -0.1) is 10.2 Å². The van der Waals surface area contributed by atoms with Gasteiger partial charge in [0.1, 0.15) is 11.6 Å². The Labute approximate surface area is 108 Å². The molecule has 0 bridgehead atoms. The first-order chi connectivity index (χ1) is 8.78. The average molecular weight is 250 g/mol. The van der Waals surface area contributed by atoms with Crippen LogP contribution in [-0.2, 0) is 19.4 Å². The molecule has 5 nitrogen and oxygen atoms in total. The highest BCUT2D eigenvalue weighted by atomic mass is 16.3. The molecule has 1 aromatic heterocycles. The van der Waals surface area contributed by atoms with E-state index < -0.39 is 0 Å². The standard InChI is InChI=1S/C13H22N4O/c1-2-16-6-3-4-10(16)8-12-14-15-13-9-11(18)5-7-17(12)13/h10-11,18H,2-9H2,1H3. The molecule has 3 rings (SSSR count). The van der Waals surface area contributed by atoms with Crippen LogP contribution in [0, 0.1) is 0 Å². The zero-order chi connectivity index (χ0) is 12.5. The molecule has 1 fully saturated rings. The smallest absolute Gasteiger partial charge is 0.135 e. The topological polar surface area (TPSA) is 54.2 Å². The molecule has 2 unspecified atom stereocenters. The Kier molecular flexibility index (Phi) is 3.35. The Morgan fingerprint density at radius 2 is 2.17 bits per heavy atom. The lowest BCUT2D eigenvalue weighted by Crippen LogP contribution is -2.32. The SMILES string of the molecule is CCN1CCCC1Cc1nnc2n1CCC(O)C2. The third-order valence-electron chi connectivity index (χ3n) is 4.33. The molecule has 100 valence electrons. The molecule has 2 aliphatic rings. The van der Waals surface area contributed by atoms with Crippen molar-refractivity contribution in [2.75, 3.05) is 13.1 Å². The number of aliphatic hydroxyl groups is 1. The van der Waals surface area contributed by atoms with Crippen LogP contribution < -0.4 is 0 Å². The first-order valence-electron chi connectivity index (χ1n) is 7.11. The Hall–Kier alpha value is -0.940. The number of fused-ring (bicyclic) bond motifs is 1. The lowest BCUT2D eigenvalue weighted by Gasteiger charge is -2.24. The number of hydrogen-bond donors (Lipinski definition) is 1. The van der Waals surface area contributed by atoms with Gasteiger partial charge in [0, 0.05) is 25.4 Å². The minimum atomic E-state index is -0.229. The fourth-order valence-corrected chi connectivity index (χ4v) is 3.28. The van der Waals surface area contributed by atoms with E-state index in [1.165, 1.54) is 19.4 Å². The van der Waals surface area contributed by atoms with E-state index in [9.17, 15) is 5.11 Å². The molecule has 0 spiro atoms. The van der Waals surface area contributed by atoms with Crippen molar-refractivity contribution in [2.45, 2.75) is 57.7 Å². The predicted molar refractivity (Wildman–Crippen MR) is 68.3 cm³/mol. The van der Waals surface area contributed by atoms with E-state index in [0.717, 1.165) is 37.6 Å². The van der Waals surface area contributed by atoms with E-state index in [2.05, 4.69) is 26.6 Å². The molecular formula is C13H22N4O. The monoisotopic (exact) mass is 250 g/mol. The van der Waals surface area contributed by atoms with Gasteiger partial charge in [0.25, 0.3) is 0 Å². The maximum atomic E-state index is 9.64. The second-order valence-corrected chi connectivity index (χ2v) is 5.46. The lowest BCUT2D eigenvalue weighted by molar-refractivity contribution is 0.140. The van der Waals surface area contributed by atoms with E-state index >= 15 is 0 Å². The summed E-state index contributed by atoms with van der Waals surface area (Å²) in [6.07, 6.45) is 4.86. The van der Waals surface area contributed by atoms with Crippen molar-refractivity contribution in [1.82, 2.24) is 19.7 Å². The molecule has 2 atom stereocenters. The van der Waals surface area contributed by atoms with Crippen LogP contribution in [0.2, 0.25) is 0 Å². The highest BCUT2D eigenvalue weighted by molar-refractivity contribution is 5.03. The van der Waals surface area contributed by atoms with Gasteiger partial charge in [-0.2, -0.15) is 0 Å². The second-order valence-electron chi connectivity index (χ2n) is 5.46. The molecule has 0 aromatic carbocycles. The first-order valence-corrected chi connectivity index (χ1v) is 7.11. The molecule has 18 heavy (non-hydrogen) atoms. The van der Waals surface area contributed by atoms with Crippen LogP contribution in [0.15, 0.2) is 0 Å². The third kappa shape index (κ3) is 2.17. The molecule has 0 amide bonds. The van der Waals surface area contributed by atoms with Crippen LogP contribution in [0.3, 0.4) is 0 Å². The maximum Gasteiger partial charge on any atom is 0.135 e. The summed E-state index contributed by atoms with van der Waals surface area (Å²) in [4.78, 5) is 2.54. The van der Waals surface area contributed by atoms with Gasteiger partial charge in [0.05, 0.1) is 6.10 Å². The minimum absolute atomic E-state index is 0.229. The molecular weight excluding hydrogens is 228 g/mol. The Balaban J connectivity index is 1.74. The summed E-state index contributed by atoms with van der Waals surface area (Å²) in [6.45, 7) is 5.46. The van der Waals surface area contributed by atoms with Crippen molar-refractivity contribution in [3.63, 3.8) is 0 Å². The van der Waals surface area contributed by atoms with Gasteiger partial charge in [-0.1, -0.05) is 6.92 Å². The minimum Gasteiger partial charge on any atom is -0.393 e. The Bertz CT molecular complexity index is 417. The molecule has 0 aliphatic carbocycles. The number of nitrogens with zero attached hydrogens (tertiary/aromatic N) is 4. The summed E-state index contributed by atoms with van der Waals surface area (Å²) < 4.78 is 2.22. The summed E-state index contributed by atoms with van der Waals surface area (Å²) in [5.41, 5.74) is 0. The fourth-order valence-electron chi connectivity index (χ4n) is 3.28. The maximum absolute atomic E-state index is 9.64. The van der Waals surface area contributed by atoms with Gasteiger partial charge in [-0.25, -0.2) is 0 Å². The summed E-state index contributed by atoms with van der Waals surface area (Å²) in [5, 5.41) is 18.2. The van der Waals surface area contributed by atoms with Crippen LogP contribution in [0.25, 0.3) is 0 Å². The first kappa shape index (κ1) is 12.1. The number of hydrogen-bond acceptors (Lipinski definition) is 4. The number of rotatable bonds is 3. The van der Waals surface area contributed by atoms with Crippen molar-refractivity contribution < 1.29 is 5.11 Å². The van der Waals surface area contributed by atoms with Crippen LogP contribution >= 0.6 is 0 Å². The number of aromatic nitrogens is 3. The van der Waals surface area contributed by atoms with Crippen molar-refractivity contribution in [2.24, 2.45) is 0 Å². The zero-order valence-electron chi connectivity index (χ0n) is 11.0. The fraction of sp³-hybridized carbons (Fsp3) is 0.846. The quantitative estimate of drug-likeness (QED) is 0.854. The molecule has 0 saturated carbocycles. The molecule has 3 heterocycles. The Morgan fingerprint density at radius 1 is 1.28 bits per heavy atom. The van der Waals surface area contributed by atoms with Crippen molar-refractivity contribution >= 4 is 0 Å². The van der Waals surface area contributed by atoms with Crippen LogP contribution in [-0.4, -0.2) is 50.0 Å². The van der Waals surface area contributed by atoms with Gasteiger partial charge >= 0.3 is 0 Å². The third-order valence-corrected chi connectivity index (χ3v) is 4.33. The zero-order valence-corrected chi connectivity index (χ0v) is 11.0. The predicted octanol–water partition coefficient (Wildman–Crippen LogP) is 0.612. The van der Waals surface area contributed by atoms with E-state index in [-0.39, 0.29) is 6.10 Å². The van der Waals surface area contributed by atoms with Gasteiger partial charge in [0.15, 0.2) is 0 Å². The molecule has 5 heteroatoms. The summed E-state index contributed by atoms with van der Waals surface area (Å²) in [6, 6.07) is 0.634. The van der Waals surface area contributed by atoms with Gasteiger partial charge < -0.3 is 14.6 Å². The summed E-state index contributed by atoms with van der Waals surface area (Å²) >= 11 is 0. The van der Waals surface area contributed by atoms with Crippen molar-refractivity contribution in [3.8, 4) is 0 Å². The van der Waals surface area contributed by atoms with Crippen molar-refractivity contribution in [3.05, 3.63) is 11.6 Å².